The monoisotopic (exact) mass is 279 g/mol. The van der Waals surface area contributed by atoms with Crippen LogP contribution < -0.4 is 5.32 Å². The molecule has 0 fully saturated rings. The first-order valence-electron chi connectivity index (χ1n) is 7.02. The van der Waals surface area contributed by atoms with Gasteiger partial charge in [0, 0.05) is 17.0 Å². The molecule has 1 amide bonds. The van der Waals surface area contributed by atoms with Gasteiger partial charge in [0.05, 0.1) is 0 Å². The predicted molar refractivity (Wildman–Crippen MR) is 84.0 cm³/mol. The highest BCUT2D eigenvalue weighted by Gasteiger charge is 2.18. The summed E-state index contributed by atoms with van der Waals surface area (Å²) in [5.74, 6) is -0.0144. The van der Waals surface area contributed by atoms with Gasteiger partial charge >= 0.3 is 0 Å². The van der Waals surface area contributed by atoms with E-state index < -0.39 is 0 Å². The average Bonchev–Trinajstić information content (AvgIpc) is 2.36. The molecule has 0 saturated heterocycles. The Kier molecular flexibility index (Phi) is 6.43. The Labute approximate surface area is 122 Å². The van der Waals surface area contributed by atoms with Gasteiger partial charge in [0.1, 0.15) is 0 Å². The number of rotatable bonds is 7. The van der Waals surface area contributed by atoms with Gasteiger partial charge in [-0.05, 0) is 30.0 Å². The molecule has 1 N–H and O–H groups in total. The van der Waals surface area contributed by atoms with E-state index in [4.69, 9.17) is 0 Å². The van der Waals surface area contributed by atoms with Crippen LogP contribution >= 0.6 is 12.6 Å². The second-order valence-corrected chi connectivity index (χ2v) is 6.37. The Morgan fingerprint density at radius 1 is 1.32 bits per heavy atom. The van der Waals surface area contributed by atoms with Gasteiger partial charge < -0.3 is 5.32 Å². The zero-order chi connectivity index (χ0) is 14.3. The molecule has 0 saturated carbocycles. The van der Waals surface area contributed by atoms with Gasteiger partial charge in [-0.2, -0.15) is 0 Å². The predicted octanol–water partition coefficient (Wildman–Crippen LogP) is 4.31. The number of hydrogen-bond acceptors (Lipinski definition) is 2. The van der Waals surface area contributed by atoms with E-state index in [0.717, 1.165) is 11.3 Å². The number of carbonyl (C=O) groups is 1. The Morgan fingerprint density at radius 2 is 2.05 bits per heavy atom. The van der Waals surface area contributed by atoms with E-state index in [2.05, 4.69) is 38.7 Å². The summed E-state index contributed by atoms with van der Waals surface area (Å²) in [6.07, 6.45) is 4.87. The van der Waals surface area contributed by atoms with Crippen LogP contribution in [0.15, 0.2) is 29.2 Å². The molecule has 0 aliphatic heterocycles. The van der Waals surface area contributed by atoms with Crippen LogP contribution in [0.25, 0.3) is 0 Å². The van der Waals surface area contributed by atoms with Gasteiger partial charge in [-0.3, -0.25) is 4.79 Å². The highest BCUT2D eigenvalue weighted by molar-refractivity contribution is 7.80. The standard InChI is InChI=1S/C16H25NOS/c1-4-5-6-10-16(2,3)12-17-15(18)13-8-7-9-14(19)11-13/h7-9,11,19H,4-6,10,12H2,1-3H3,(H,17,18). The van der Waals surface area contributed by atoms with Crippen LogP contribution in [0.5, 0.6) is 0 Å². The van der Waals surface area contributed by atoms with Crippen molar-refractivity contribution in [1.82, 2.24) is 5.32 Å². The second kappa shape index (κ2) is 7.59. The molecule has 0 aromatic heterocycles. The van der Waals surface area contributed by atoms with E-state index in [1.54, 1.807) is 6.07 Å². The maximum atomic E-state index is 12.0. The lowest BCUT2D eigenvalue weighted by molar-refractivity contribution is 0.0934. The number of hydrogen-bond donors (Lipinski definition) is 2. The maximum absolute atomic E-state index is 12.0. The molecular formula is C16H25NOS. The third-order valence-corrected chi connectivity index (χ3v) is 3.57. The van der Waals surface area contributed by atoms with Crippen molar-refractivity contribution in [2.24, 2.45) is 5.41 Å². The number of nitrogens with one attached hydrogen (secondary N) is 1. The molecule has 0 aliphatic carbocycles. The average molecular weight is 279 g/mol. The summed E-state index contributed by atoms with van der Waals surface area (Å²) < 4.78 is 0. The number of thiol groups is 1. The molecule has 0 atom stereocenters. The van der Waals surface area contributed by atoms with Gasteiger partial charge in [-0.1, -0.05) is 46.1 Å². The van der Waals surface area contributed by atoms with Gasteiger partial charge in [0.25, 0.3) is 5.91 Å². The minimum atomic E-state index is -0.0144. The molecule has 1 rings (SSSR count). The molecule has 106 valence electrons. The van der Waals surface area contributed by atoms with E-state index in [-0.39, 0.29) is 11.3 Å². The van der Waals surface area contributed by atoms with Crippen molar-refractivity contribution in [3.63, 3.8) is 0 Å². The first-order valence-corrected chi connectivity index (χ1v) is 7.46. The molecule has 0 heterocycles. The van der Waals surface area contributed by atoms with Crippen LogP contribution in [0.4, 0.5) is 0 Å². The van der Waals surface area contributed by atoms with Crippen molar-refractivity contribution < 1.29 is 4.79 Å². The SMILES string of the molecule is CCCCCC(C)(C)CNC(=O)c1cccc(S)c1. The molecular weight excluding hydrogens is 254 g/mol. The van der Waals surface area contributed by atoms with Gasteiger partial charge in [0.15, 0.2) is 0 Å². The summed E-state index contributed by atoms with van der Waals surface area (Å²) in [6, 6.07) is 7.33. The Bertz CT molecular complexity index is 415. The second-order valence-electron chi connectivity index (χ2n) is 5.85. The van der Waals surface area contributed by atoms with Gasteiger partial charge in [-0.25, -0.2) is 0 Å². The number of unbranched alkanes of at least 4 members (excludes halogenated alkanes) is 2. The molecule has 0 unspecified atom stereocenters. The molecule has 0 spiro atoms. The normalized spacial score (nSPS) is 11.4. The fourth-order valence-electron chi connectivity index (χ4n) is 2.01. The van der Waals surface area contributed by atoms with Crippen molar-refractivity contribution in [2.45, 2.75) is 51.3 Å². The van der Waals surface area contributed by atoms with E-state index in [1.165, 1.54) is 19.3 Å². The van der Waals surface area contributed by atoms with Gasteiger partial charge in [0.2, 0.25) is 0 Å². The quantitative estimate of drug-likeness (QED) is 0.565. The Balaban J connectivity index is 2.45. The summed E-state index contributed by atoms with van der Waals surface area (Å²) >= 11 is 4.25. The van der Waals surface area contributed by atoms with E-state index >= 15 is 0 Å². The smallest absolute Gasteiger partial charge is 0.251 e. The first-order chi connectivity index (χ1) is 8.94. The minimum absolute atomic E-state index is 0.0144. The molecule has 0 bridgehead atoms. The van der Waals surface area contributed by atoms with Crippen LogP contribution in [0.2, 0.25) is 0 Å². The number of benzene rings is 1. The molecule has 0 aliphatic rings. The third kappa shape index (κ3) is 6.15. The summed E-state index contributed by atoms with van der Waals surface area (Å²) in [5, 5.41) is 3.02. The summed E-state index contributed by atoms with van der Waals surface area (Å²) in [6.45, 7) is 7.33. The zero-order valence-electron chi connectivity index (χ0n) is 12.2. The largest absolute Gasteiger partial charge is 0.352 e. The lowest BCUT2D eigenvalue weighted by atomic mass is 9.87. The van der Waals surface area contributed by atoms with Crippen molar-refractivity contribution in [3.8, 4) is 0 Å². The van der Waals surface area contributed by atoms with Crippen LogP contribution in [-0.2, 0) is 0 Å². The summed E-state index contributed by atoms with van der Waals surface area (Å²) in [4.78, 5) is 12.8. The van der Waals surface area contributed by atoms with Crippen LogP contribution in [0.3, 0.4) is 0 Å². The minimum Gasteiger partial charge on any atom is -0.352 e. The highest BCUT2D eigenvalue weighted by Crippen LogP contribution is 2.22. The Hall–Kier alpha value is -0.960. The fraction of sp³-hybridized carbons (Fsp3) is 0.562. The first kappa shape index (κ1) is 16.1. The van der Waals surface area contributed by atoms with Crippen molar-refractivity contribution >= 4 is 18.5 Å². The molecule has 1 aromatic carbocycles. The molecule has 19 heavy (non-hydrogen) atoms. The topological polar surface area (TPSA) is 29.1 Å². The zero-order valence-corrected chi connectivity index (χ0v) is 13.1. The van der Waals surface area contributed by atoms with E-state index in [9.17, 15) is 4.79 Å². The molecule has 1 aromatic rings. The highest BCUT2D eigenvalue weighted by atomic mass is 32.1. The van der Waals surface area contributed by atoms with E-state index in [1.807, 2.05) is 18.2 Å². The van der Waals surface area contributed by atoms with Crippen molar-refractivity contribution in [2.75, 3.05) is 6.54 Å². The molecule has 2 nitrogen and oxygen atoms in total. The lowest BCUT2D eigenvalue weighted by Crippen LogP contribution is -2.34. The maximum Gasteiger partial charge on any atom is 0.251 e. The van der Waals surface area contributed by atoms with E-state index in [0.29, 0.717) is 12.1 Å². The molecule has 0 radical (unpaired) electrons. The summed E-state index contributed by atoms with van der Waals surface area (Å²) in [5.41, 5.74) is 0.834. The van der Waals surface area contributed by atoms with Crippen LogP contribution in [-0.4, -0.2) is 12.5 Å². The third-order valence-electron chi connectivity index (χ3n) is 3.29. The van der Waals surface area contributed by atoms with Gasteiger partial charge in [-0.15, -0.1) is 12.6 Å². The lowest BCUT2D eigenvalue weighted by Gasteiger charge is -2.25. The summed E-state index contributed by atoms with van der Waals surface area (Å²) in [7, 11) is 0. The Morgan fingerprint density at radius 3 is 2.68 bits per heavy atom. The fourth-order valence-corrected chi connectivity index (χ4v) is 2.24. The number of amides is 1. The van der Waals surface area contributed by atoms with Crippen LogP contribution in [0.1, 0.15) is 56.8 Å². The van der Waals surface area contributed by atoms with Crippen LogP contribution in [0, 0.1) is 5.41 Å². The molecule has 3 heteroatoms. The van der Waals surface area contributed by atoms with Crippen molar-refractivity contribution in [3.05, 3.63) is 29.8 Å². The number of carbonyl (C=O) groups excluding carboxylic acids is 1. The van der Waals surface area contributed by atoms with Crippen molar-refractivity contribution in [1.29, 1.82) is 0 Å².